The van der Waals surface area contributed by atoms with Crippen molar-refractivity contribution in [2.45, 2.75) is 26.3 Å². The molecular weight excluding hydrogens is 250 g/mol. The SMILES string of the molecule is CC(C)N(C)CCCNc1nccc2ccc(O)cc12. The van der Waals surface area contributed by atoms with E-state index in [4.69, 9.17) is 0 Å². The fourth-order valence-corrected chi connectivity index (χ4v) is 2.09. The molecule has 0 unspecified atom stereocenters. The van der Waals surface area contributed by atoms with Gasteiger partial charge in [-0.15, -0.1) is 0 Å². The van der Waals surface area contributed by atoms with E-state index >= 15 is 0 Å². The summed E-state index contributed by atoms with van der Waals surface area (Å²) in [4.78, 5) is 6.69. The highest BCUT2D eigenvalue weighted by atomic mass is 16.3. The Bertz CT molecular complexity index is 569. The van der Waals surface area contributed by atoms with Gasteiger partial charge in [0.05, 0.1) is 0 Å². The lowest BCUT2D eigenvalue weighted by Gasteiger charge is -2.20. The van der Waals surface area contributed by atoms with Crippen molar-refractivity contribution >= 4 is 16.6 Å². The number of aromatic nitrogens is 1. The zero-order valence-electron chi connectivity index (χ0n) is 12.4. The summed E-state index contributed by atoms with van der Waals surface area (Å²) in [5, 5.41) is 15.0. The maximum atomic E-state index is 9.60. The number of phenols is 1. The molecule has 0 aliphatic rings. The molecule has 0 amide bonds. The molecule has 0 fully saturated rings. The molecule has 1 heterocycles. The van der Waals surface area contributed by atoms with Gasteiger partial charge in [0, 0.05) is 24.2 Å². The van der Waals surface area contributed by atoms with Crippen molar-refractivity contribution in [3.8, 4) is 5.75 Å². The van der Waals surface area contributed by atoms with Crippen LogP contribution in [0.3, 0.4) is 0 Å². The van der Waals surface area contributed by atoms with E-state index < -0.39 is 0 Å². The molecular formula is C16H23N3O. The third-order valence-electron chi connectivity index (χ3n) is 3.61. The molecule has 0 aliphatic heterocycles. The number of hydrogen-bond acceptors (Lipinski definition) is 4. The minimum Gasteiger partial charge on any atom is -0.508 e. The van der Waals surface area contributed by atoms with Gasteiger partial charge >= 0.3 is 0 Å². The Morgan fingerprint density at radius 2 is 2.10 bits per heavy atom. The number of nitrogens with one attached hydrogen (secondary N) is 1. The number of nitrogens with zero attached hydrogens (tertiary/aromatic N) is 2. The predicted octanol–water partition coefficient (Wildman–Crippen LogP) is 3.08. The van der Waals surface area contributed by atoms with Gasteiger partial charge in [0.2, 0.25) is 0 Å². The second-order valence-electron chi connectivity index (χ2n) is 5.42. The van der Waals surface area contributed by atoms with Crippen LogP contribution in [-0.2, 0) is 0 Å². The van der Waals surface area contributed by atoms with Crippen LogP contribution in [0.5, 0.6) is 5.75 Å². The first-order chi connectivity index (χ1) is 9.58. The molecule has 108 valence electrons. The fourth-order valence-electron chi connectivity index (χ4n) is 2.09. The van der Waals surface area contributed by atoms with Crippen molar-refractivity contribution < 1.29 is 5.11 Å². The average Bonchev–Trinajstić information content (AvgIpc) is 2.43. The Morgan fingerprint density at radius 3 is 2.85 bits per heavy atom. The minimum atomic E-state index is 0.271. The quantitative estimate of drug-likeness (QED) is 0.794. The third kappa shape index (κ3) is 3.61. The number of rotatable bonds is 6. The number of anilines is 1. The minimum absolute atomic E-state index is 0.271. The normalized spacial score (nSPS) is 11.4. The van der Waals surface area contributed by atoms with Crippen LogP contribution in [0.1, 0.15) is 20.3 Å². The monoisotopic (exact) mass is 273 g/mol. The Hall–Kier alpha value is -1.81. The zero-order chi connectivity index (χ0) is 14.5. The van der Waals surface area contributed by atoms with E-state index in [2.05, 4.69) is 36.1 Å². The first-order valence-corrected chi connectivity index (χ1v) is 7.10. The maximum Gasteiger partial charge on any atom is 0.133 e. The molecule has 0 atom stereocenters. The molecule has 4 heteroatoms. The number of hydrogen-bond donors (Lipinski definition) is 2. The van der Waals surface area contributed by atoms with Gasteiger partial charge in [-0.1, -0.05) is 6.07 Å². The first kappa shape index (κ1) is 14.6. The van der Waals surface area contributed by atoms with Gasteiger partial charge in [0.15, 0.2) is 0 Å². The van der Waals surface area contributed by atoms with Crippen molar-refractivity contribution in [3.63, 3.8) is 0 Å². The van der Waals surface area contributed by atoms with Crippen molar-refractivity contribution in [1.82, 2.24) is 9.88 Å². The first-order valence-electron chi connectivity index (χ1n) is 7.10. The zero-order valence-corrected chi connectivity index (χ0v) is 12.4. The standard InChI is InChI=1S/C16H23N3O/c1-12(2)19(3)10-4-8-17-16-15-11-14(20)6-5-13(15)7-9-18-16/h5-7,9,11-12,20H,4,8,10H2,1-3H3,(H,17,18). The van der Waals surface area contributed by atoms with Crippen LogP contribution in [0.25, 0.3) is 10.8 Å². The summed E-state index contributed by atoms with van der Waals surface area (Å²) in [6.07, 6.45) is 2.85. The summed E-state index contributed by atoms with van der Waals surface area (Å²) < 4.78 is 0. The smallest absolute Gasteiger partial charge is 0.133 e. The topological polar surface area (TPSA) is 48.4 Å². The van der Waals surface area contributed by atoms with Gasteiger partial charge in [-0.3, -0.25) is 0 Å². The summed E-state index contributed by atoms with van der Waals surface area (Å²) in [6.45, 7) is 6.32. The molecule has 0 radical (unpaired) electrons. The summed E-state index contributed by atoms with van der Waals surface area (Å²) in [6, 6.07) is 7.88. The summed E-state index contributed by atoms with van der Waals surface area (Å²) in [5.41, 5.74) is 0. The van der Waals surface area contributed by atoms with Crippen molar-refractivity contribution in [3.05, 3.63) is 30.5 Å². The largest absolute Gasteiger partial charge is 0.508 e. The van der Waals surface area contributed by atoms with Crippen LogP contribution >= 0.6 is 0 Å². The van der Waals surface area contributed by atoms with E-state index in [1.807, 2.05) is 12.1 Å². The van der Waals surface area contributed by atoms with Crippen LogP contribution in [0.2, 0.25) is 0 Å². The van der Waals surface area contributed by atoms with Gasteiger partial charge in [-0.05, 0) is 57.4 Å². The number of aromatic hydroxyl groups is 1. The lowest BCUT2D eigenvalue weighted by atomic mass is 10.1. The molecule has 0 spiro atoms. The summed E-state index contributed by atoms with van der Waals surface area (Å²) in [5.74, 6) is 1.11. The molecule has 1 aromatic carbocycles. The molecule has 0 bridgehead atoms. The summed E-state index contributed by atoms with van der Waals surface area (Å²) >= 11 is 0. The molecule has 0 saturated carbocycles. The molecule has 1 aromatic heterocycles. The third-order valence-corrected chi connectivity index (χ3v) is 3.61. The Labute approximate surface area is 120 Å². The number of benzene rings is 1. The summed E-state index contributed by atoms with van der Waals surface area (Å²) in [7, 11) is 2.14. The average molecular weight is 273 g/mol. The van der Waals surface area contributed by atoms with Gasteiger partial charge in [0.1, 0.15) is 11.6 Å². The Balaban J connectivity index is 1.98. The van der Waals surface area contributed by atoms with Crippen molar-refractivity contribution in [1.29, 1.82) is 0 Å². The second-order valence-corrected chi connectivity index (χ2v) is 5.42. The molecule has 0 saturated heterocycles. The van der Waals surface area contributed by atoms with Crippen LogP contribution < -0.4 is 5.32 Å². The molecule has 2 N–H and O–H groups in total. The number of phenolic OH excluding ortho intramolecular Hbond substituents is 1. The van der Waals surface area contributed by atoms with E-state index in [1.54, 1.807) is 18.3 Å². The maximum absolute atomic E-state index is 9.60. The van der Waals surface area contributed by atoms with E-state index in [0.29, 0.717) is 6.04 Å². The number of pyridine rings is 1. The fraction of sp³-hybridized carbons (Fsp3) is 0.438. The molecule has 2 aromatic rings. The van der Waals surface area contributed by atoms with E-state index in [1.165, 1.54) is 0 Å². The van der Waals surface area contributed by atoms with Gasteiger partial charge in [-0.2, -0.15) is 0 Å². The van der Waals surface area contributed by atoms with Gasteiger partial charge in [0.25, 0.3) is 0 Å². The van der Waals surface area contributed by atoms with Crippen LogP contribution in [0.4, 0.5) is 5.82 Å². The van der Waals surface area contributed by atoms with Crippen LogP contribution in [0, 0.1) is 0 Å². The number of fused-ring (bicyclic) bond motifs is 1. The highest BCUT2D eigenvalue weighted by Crippen LogP contribution is 2.24. The second kappa shape index (κ2) is 6.57. The van der Waals surface area contributed by atoms with Crippen molar-refractivity contribution in [2.75, 3.05) is 25.5 Å². The van der Waals surface area contributed by atoms with Gasteiger partial charge in [-0.25, -0.2) is 4.98 Å². The van der Waals surface area contributed by atoms with Crippen molar-refractivity contribution in [2.24, 2.45) is 0 Å². The van der Waals surface area contributed by atoms with Crippen LogP contribution in [0.15, 0.2) is 30.5 Å². The lowest BCUT2D eigenvalue weighted by Crippen LogP contribution is -2.28. The van der Waals surface area contributed by atoms with E-state index in [-0.39, 0.29) is 5.75 Å². The molecule has 0 aliphatic carbocycles. The lowest BCUT2D eigenvalue weighted by molar-refractivity contribution is 0.273. The highest BCUT2D eigenvalue weighted by Gasteiger charge is 2.04. The van der Waals surface area contributed by atoms with E-state index in [0.717, 1.165) is 36.1 Å². The molecule has 2 rings (SSSR count). The molecule has 4 nitrogen and oxygen atoms in total. The predicted molar refractivity (Wildman–Crippen MR) is 84.3 cm³/mol. The van der Waals surface area contributed by atoms with Crippen LogP contribution in [-0.4, -0.2) is 41.2 Å². The Morgan fingerprint density at radius 1 is 1.30 bits per heavy atom. The highest BCUT2D eigenvalue weighted by molar-refractivity contribution is 5.92. The van der Waals surface area contributed by atoms with E-state index in [9.17, 15) is 5.11 Å². The molecule has 20 heavy (non-hydrogen) atoms. The Kier molecular flexibility index (Phi) is 4.79. The van der Waals surface area contributed by atoms with Gasteiger partial charge < -0.3 is 15.3 Å².